The van der Waals surface area contributed by atoms with Crippen LogP contribution < -0.4 is 5.73 Å². The zero-order chi connectivity index (χ0) is 13.0. The molecule has 0 spiro atoms. The highest BCUT2D eigenvalue weighted by Crippen LogP contribution is 2.30. The van der Waals surface area contributed by atoms with Gasteiger partial charge in [-0.2, -0.15) is 0 Å². The summed E-state index contributed by atoms with van der Waals surface area (Å²) in [5, 5.41) is 0. The van der Waals surface area contributed by atoms with Crippen molar-refractivity contribution in [1.82, 2.24) is 0 Å². The molecule has 0 aromatic heterocycles. The van der Waals surface area contributed by atoms with Crippen LogP contribution in [0.1, 0.15) is 50.3 Å². The Morgan fingerprint density at radius 3 is 2.83 bits per heavy atom. The number of rotatable bonds is 5. The largest absolute Gasteiger partial charge is 0.373 e. The van der Waals surface area contributed by atoms with Crippen molar-refractivity contribution in [3.63, 3.8) is 0 Å². The van der Waals surface area contributed by atoms with E-state index in [9.17, 15) is 0 Å². The number of nitrogens with two attached hydrogens (primary N) is 1. The predicted molar refractivity (Wildman–Crippen MR) is 75.5 cm³/mol. The Kier molecular flexibility index (Phi) is 4.79. The zero-order valence-corrected chi connectivity index (χ0v) is 11.6. The molecule has 0 bridgehead atoms. The Morgan fingerprint density at radius 1 is 1.28 bits per heavy atom. The molecule has 2 rings (SSSR count). The van der Waals surface area contributed by atoms with E-state index in [1.54, 1.807) is 0 Å². The Balaban J connectivity index is 1.94. The van der Waals surface area contributed by atoms with Gasteiger partial charge in [-0.05, 0) is 42.7 Å². The van der Waals surface area contributed by atoms with E-state index in [4.69, 9.17) is 10.5 Å². The normalized spacial score (nSPS) is 20.8. The first-order valence-corrected chi connectivity index (χ1v) is 7.11. The first kappa shape index (κ1) is 13.6. The van der Waals surface area contributed by atoms with E-state index >= 15 is 0 Å². The third kappa shape index (κ3) is 3.56. The lowest BCUT2D eigenvalue weighted by Gasteiger charge is -2.28. The Morgan fingerprint density at radius 2 is 2.06 bits per heavy atom. The molecule has 1 heterocycles. The SMILES string of the molecule is CC(C)CCC(N)CC1OCCc2ccccc21. The maximum absolute atomic E-state index is 6.23. The highest BCUT2D eigenvalue weighted by molar-refractivity contribution is 5.30. The molecule has 2 atom stereocenters. The number of fused-ring (bicyclic) bond motifs is 1. The van der Waals surface area contributed by atoms with E-state index in [1.165, 1.54) is 17.5 Å². The number of hydrogen-bond donors (Lipinski definition) is 1. The molecule has 2 unspecified atom stereocenters. The first-order chi connectivity index (χ1) is 8.66. The Hall–Kier alpha value is -0.860. The van der Waals surface area contributed by atoms with Crippen LogP contribution in [0.2, 0.25) is 0 Å². The summed E-state index contributed by atoms with van der Waals surface area (Å²) in [6, 6.07) is 8.86. The molecule has 2 heteroatoms. The van der Waals surface area contributed by atoms with Gasteiger partial charge in [0.05, 0.1) is 12.7 Å². The van der Waals surface area contributed by atoms with Crippen molar-refractivity contribution in [3.05, 3.63) is 35.4 Å². The van der Waals surface area contributed by atoms with Gasteiger partial charge in [0.15, 0.2) is 0 Å². The number of ether oxygens (including phenoxy) is 1. The highest BCUT2D eigenvalue weighted by atomic mass is 16.5. The minimum atomic E-state index is 0.206. The van der Waals surface area contributed by atoms with Crippen molar-refractivity contribution in [2.24, 2.45) is 11.7 Å². The van der Waals surface area contributed by atoms with Crippen LogP contribution in [-0.2, 0) is 11.2 Å². The molecular formula is C16H25NO. The first-order valence-electron chi connectivity index (χ1n) is 7.11. The lowest BCUT2D eigenvalue weighted by atomic mass is 9.92. The minimum absolute atomic E-state index is 0.206. The second kappa shape index (κ2) is 6.35. The molecule has 2 N–H and O–H groups in total. The van der Waals surface area contributed by atoms with Crippen LogP contribution in [0.5, 0.6) is 0 Å². The fourth-order valence-corrected chi connectivity index (χ4v) is 2.61. The van der Waals surface area contributed by atoms with E-state index in [2.05, 4.69) is 38.1 Å². The van der Waals surface area contributed by atoms with E-state index in [-0.39, 0.29) is 12.1 Å². The van der Waals surface area contributed by atoms with E-state index in [0.29, 0.717) is 0 Å². The van der Waals surface area contributed by atoms with Crippen LogP contribution >= 0.6 is 0 Å². The minimum Gasteiger partial charge on any atom is -0.373 e. The fourth-order valence-electron chi connectivity index (χ4n) is 2.61. The number of hydrogen-bond acceptors (Lipinski definition) is 2. The smallest absolute Gasteiger partial charge is 0.0842 e. The average molecular weight is 247 g/mol. The second-order valence-corrected chi connectivity index (χ2v) is 5.78. The van der Waals surface area contributed by atoms with Crippen LogP contribution in [-0.4, -0.2) is 12.6 Å². The maximum Gasteiger partial charge on any atom is 0.0842 e. The van der Waals surface area contributed by atoms with Gasteiger partial charge in [0.1, 0.15) is 0 Å². The van der Waals surface area contributed by atoms with E-state index in [1.807, 2.05) is 0 Å². The van der Waals surface area contributed by atoms with Gasteiger partial charge in [-0.25, -0.2) is 0 Å². The van der Waals surface area contributed by atoms with Crippen molar-refractivity contribution in [1.29, 1.82) is 0 Å². The quantitative estimate of drug-likeness (QED) is 0.865. The molecule has 2 nitrogen and oxygen atoms in total. The lowest BCUT2D eigenvalue weighted by Crippen LogP contribution is -2.27. The van der Waals surface area contributed by atoms with Crippen molar-refractivity contribution >= 4 is 0 Å². The molecule has 1 aromatic rings. The van der Waals surface area contributed by atoms with Crippen LogP contribution in [0.4, 0.5) is 0 Å². The third-order valence-corrected chi connectivity index (χ3v) is 3.72. The van der Waals surface area contributed by atoms with Crippen LogP contribution in [0.15, 0.2) is 24.3 Å². The van der Waals surface area contributed by atoms with Gasteiger partial charge in [-0.15, -0.1) is 0 Å². The summed E-state index contributed by atoms with van der Waals surface area (Å²) in [5.41, 5.74) is 9.02. The molecule has 1 aliphatic rings. The molecular weight excluding hydrogens is 222 g/mol. The summed E-state index contributed by atoms with van der Waals surface area (Å²) in [5.74, 6) is 0.732. The number of benzene rings is 1. The molecule has 0 aliphatic carbocycles. The second-order valence-electron chi connectivity index (χ2n) is 5.78. The average Bonchev–Trinajstić information content (AvgIpc) is 2.37. The lowest BCUT2D eigenvalue weighted by molar-refractivity contribution is 0.0313. The predicted octanol–water partition coefficient (Wildman–Crippen LogP) is 3.45. The summed E-state index contributed by atoms with van der Waals surface area (Å²) in [7, 11) is 0. The Labute approximate surface area is 111 Å². The third-order valence-electron chi connectivity index (χ3n) is 3.72. The molecule has 0 saturated carbocycles. The summed E-state index contributed by atoms with van der Waals surface area (Å²) in [6.45, 7) is 5.33. The van der Waals surface area contributed by atoms with Gasteiger partial charge in [0, 0.05) is 6.04 Å². The molecule has 1 aromatic carbocycles. The van der Waals surface area contributed by atoms with Crippen LogP contribution in [0, 0.1) is 5.92 Å². The standard InChI is InChI=1S/C16H25NO/c1-12(2)7-8-14(17)11-16-15-6-4-3-5-13(15)9-10-18-16/h3-6,12,14,16H,7-11,17H2,1-2H3. The molecule has 0 radical (unpaired) electrons. The topological polar surface area (TPSA) is 35.2 Å². The summed E-state index contributed by atoms with van der Waals surface area (Å²) in [6.07, 6.45) is 4.49. The molecule has 1 aliphatic heterocycles. The van der Waals surface area contributed by atoms with Crippen molar-refractivity contribution in [2.75, 3.05) is 6.61 Å². The van der Waals surface area contributed by atoms with Crippen LogP contribution in [0.3, 0.4) is 0 Å². The molecule has 100 valence electrons. The van der Waals surface area contributed by atoms with E-state index in [0.717, 1.165) is 31.8 Å². The van der Waals surface area contributed by atoms with Gasteiger partial charge in [-0.3, -0.25) is 0 Å². The Bertz CT molecular complexity index is 375. The van der Waals surface area contributed by atoms with Gasteiger partial charge in [0.25, 0.3) is 0 Å². The van der Waals surface area contributed by atoms with E-state index < -0.39 is 0 Å². The van der Waals surface area contributed by atoms with Crippen molar-refractivity contribution in [2.45, 2.75) is 51.7 Å². The van der Waals surface area contributed by atoms with Gasteiger partial charge >= 0.3 is 0 Å². The van der Waals surface area contributed by atoms with Gasteiger partial charge in [0.2, 0.25) is 0 Å². The van der Waals surface area contributed by atoms with Crippen LogP contribution in [0.25, 0.3) is 0 Å². The molecule has 18 heavy (non-hydrogen) atoms. The molecule has 0 amide bonds. The molecule has 0 saturated heterocycles. The van der Waals surface area contributed by atoms with Crippen molar-refractivity contribution < 1.29 is 4.74 Å². The molecule has 0 fully saturated rings. The summed E-state index contributed by atoms with van der Waals surface area (Å²) < 4.78 is 5.90. The maximum atomic E-state index is 6.23. The summed E-state index contributed by atoms with van der Waals surface area (Å²) in [4.78, 5) is 0. The highest BCUT2D eigenvalue weighted by Gasteiger charge is 2.22. The van der Waals surface area contributed by atoms with Gasteiger partial charge in [-0.1, -0.05) is 38.1 Å². The fraction of sp³-hybridized carbons (Fsp3) is 0.625. The zero-order valence-electron chi connectivity index (χ0n) is 11.6. The van der Waals surface area contributed by atoms with Crippen molar-refractivity contribution in [3.8, 4) is 0 Å². The summed E-state index contributed by atoms with van der Waals surface area (Å²) >= 11 is 0. The van der Waals surface area contributed by atoms with Gasteiger partial charge < -0.3 is 10.5 Å². The monoisotopic (exact) mass is 247 g/mol.